The number of hydrogen-bond acceptors (Lipinski definition) is 7. The number of rotatable bonds is 7. The van der Waals surface area contributed by atoms with Crippen LogP contribution in [0.1, 0.15) is 63.9 Å². The molecule has 0 spiro atoms. The molecule has 3 heterocycles. The van der Waals surface area contributed by atoms with Crippen molar-refractivity contribution in [1.29, 1.82) is 0 Å². The van der Waals surface area contributed by atoms with Crippen LogP contribution >= 0.6 is 0 Å². The second kappa shape index (κ2) is 8.88. The maximum absolute atomic E-state index is 5.69. The van der Waals surface area contributed by atoms with Crippen LogP contribution in [0.3, 0.4) is 0 Å². The highest BCUT2D eigenvalue weighted by molar-refractivity contribution is 5.42. The molecule has 1 aliphatic heterocycles. The molecule has 164 valence electrons. The molecule has 0 radical (unpaired) electrons. The number of nitrogens with zero attached hydrogens (tertiary/aromatic N) is 7. The van der Waals surface area contributed by atoms with Crippen LogP contribution in [0, 0.1) is 0 Å². The van der Waals surface area contributed by atoms with Crippen LogP contribution in [-0.4, -0.2) is 69.0 Å². The fraction of sp³-hybridized carbons (Fsp3) is 0.727. The minimum Gasteiger partial charge on any atom is -0.464 e. The van der Waals surface area contributed by atoms with E-state index < -0.39 is 0 Å². The maximum Gasteiger partial charge on any atom is 0.316 e. The Morgan fingerprint density at radius 1 is 1.10 bits per heavy atom. The molecule has 0 unspecified atom stereocenters. The van der Waals surface area contributed by atoms with Crippen LogP contribution in [0.2, 0.25) is 0 Å². The van der Waals surface area contributed by atoms with Crippen molar-refractivity contribution < 1.29 is 4.74 Å². The van der Waals surface area contributed by atoms with Crippen LogP contribution in [0.15, 0.2) is 12.4 Å². The monoisotopic (exact) mass is 413 g/mol. The number of ether oxygens (including phenoxy) is 1. The molecule has 2 aromatic rings. The number of piperazine rings is 1. The Morgan fingerprint density at radius 2 is 1.87 bits per heavy atom. The lowest BCUT2D eigenvalue weighted by Crippen LogP contribution is -2.47. The molecule has 2 fully saturated rings. The Morgan fingerprint density at radius 3 is 2.47 bits per heavy atom. The Kier molecular flexibility index (Phi) is 6.22. The van der Waals surface area contributed by atoms with E-state index in [0.717, 1.165) is 50.8 Å². The van der Waals surface area contributed by atoms with Gasteiger partial charge in [-0.1, -0.05) is 32.3 Å². The van der Waals surface area contributed by atoms with E-state index in [4.69, 9.17) is 14.7 Å². The Bertz CT molecular complexity index is 832. The molecule has 0 aromatic carbocycles. The highest BCUT2D eigenvalue weighted by atomic mass is 16.5. The van der Waals surface area contributed by atoms with E-state index in [0.29, 0.717) is 18.5 Å². The molecule has 8 heteroatoms. The summed E-state index contributed by atoms with van der Waals surface area (Å²) in [6.07, 6.45) is 6.51. The summed E-state index contributed by atoms with van der Waals surface area (Å²) in [4.78, 5) is 14.9. The van der Waals surface area contributed by atoms with Crippen molar-refractivity contribution in [3.63, 3.8) is 0 Å². The van der Waals surface area contributed by atoms with Gasteiger partial charge in [0.15, 0.2) is 0 Å². The van der Waals surface area contributed by atoms with Crippen LogP contribution in [0.5, 0.6) is 6.01 Å². The molecule has 4 rings (SSSR count). The van der Waals surface area contributed by atoms with Gasteiger partial charge >= 0.3 is 6.01 Å². The van der Waals surface area contributed by atoms with E-state index in [1.54, 1.807) is 10.9 Å². The molecule has 8 nitrogen and oxygen atoms in total. The van der Waals surface area contributed by atoms with Gasteiger partial charge in [0, 0.05) is 62.9 Å². The SMILES string of the molecule is Cn1cnnc1OCCCN1CCN(c2cc(C3CCC3)nc(C(C)(C)C)n2)CC1. The molecule has 1 saturated carbocycles. The van der Waals surface area contributed by atoms with Gasteiger partial charge in [0.25, 0.3) is 0 Å². The summed E-state index contributed by atoms with van der Waals surface area (Å²) in [5, 5.41) is 7.79. The van der Waals surface area contributed by atoms with Crippen molar-refractivity contribution in [2.45, 2.75) is 57.8 Å². The summed E-state index contributed by atoms with van der Waals surface area (Å²) in [6, 6.07) is 2.84. The lowest BCUT2D eigenvalue weighted by atomic mass is 9.82. The van der Waals surface area contributed by atoms with E-state index in [1.165, 1.54) is 25.0 Å². The smallest absolute Gasteiger partial charge is 0.316 e. The van der Waals surface area contributed by atoms with E-state index in [9.17, 15) is 0 Å². The summed E-state index contributed by atoms with van der Waals surface area (Å²) in [5.74, 6) is 2.72. The summed E-state index contributed by atoms with van der Waals surface area (Å²) in [6.45, 7) is 12.4. The Balaban J connectivity index is 1.30. The zero-order valence-corrected chi connectivity index (χ0v) is 18.8. The average Bonchev–Trinajstić information content (AvgIpc) is 3.08. The van der Waals surface area contributed by atoms with Gasteiger partial charge in [0.2, 0.25) is 0 Å². The summed E-state index contributed by atoms with van der Waals surface area (Å²) in [5.41, 5.74) is 1.22. The number of aryl methyl sites for hydroxylation is 1. The van der Waals surface area contributed by atoms with Crippen molar-refractivity contribution in [2.24, 2.45) is 7.05 Å². The first-order valence-corrected chi connectivity index (χ1v) is 11.2. The molecule has 0 N–H and O–H groups in total. The summed E-state index contributed by atoms with van der Waals surface area (Å²) in [7, 11) is 1.89. The molecule has 1 aliphatic carbocycles. The van der Waals surface area contributed by atoms with Gasteiger partial charge in [-0.05, 0) is 19.3 Å². The minimum atomic E-state index is -0.0287. The lowest BCUT2D eigenvalue weighted by Gasteiger charge is -2.36. The molecule has 2 aliphatic rings. The fourth-order valence-corrected chi connectivity index (χ4v) is 3.92. The highest BCUT2D eigenvalue weighted by Crippen LogP contribution is 2.37. The Labute approximate surface area is 179 Å². The van der Waals surface area contributed by atoms with Crippen LogP contribution < -0.4 is 9.64 Å². The van der Waals surface area contributed by atoms with Gasteiger partial charge in [-0.15, -0.1) is 5.10 Å². The molecule has 0 bridgehead atoms. The molecular weight excluding hydrogens is 378 g/mol. The molecule has 30 heavy (non-hydrogen) atoms. The quantitative estimate of drug-likeness (QED) is 0.646. The third-order valence-corrected chi connectivity index (χ3v) is 6.14. The predicted molar refractivity (Wildman–Crippen MR) is 117 cm³/mol. The normalized spacial score (nSPS) is 18.5. The van der Waals surface area contributed by atoms with Crippen molar-refractivity contribution in [3.8, 4) is 6.01 Å². The highest BCUT2D eigenvalue weighted by Gasteiger charge is 2.27. The van der Waals surface area contributed by atoms with Crippen molar-refractivity contribution >= 4 is 5.82 Å². The maximum atomic E-state index is 5.69. The van der Waals surface area contributed by atoms with Crippen molar-refractivity contribution in [1.82, 2.24) is 29.6 Å². The second-order valence-electron chi connectivity index (χ2n) is 9.61. The molecular formula is C22H35N7O. The first-order chi connectivity index (χ1) is 14.4. The number of aromatic nitrogens is 5. The van der Waals surface area contributed by atoms with E-state index in [2.05, 4.69) is 46.8 Å². The van der Waals surface area contributed by atoms with Crippen LogP contribution in [0.4, 0.5) is 5.82 Å². The standard InChI is InChI=1S/C22H35N7O/c1-22(2,3)20-24-18(17-7-5-8-17)15-19(25-20)29-12-10-28(11-13-29)9-6-14-30-21-26-23-16-27(21)4/h15-17H,5-14H2,1-4H3. The number of anilines is 1. The van der Waals surface area contributed by atoms with Gasteiger partial charge < -0.3 is 9.64 Å². The van der Waals surface area contributed by atoms with E-state index >= 15 is 0 Å². The van der Waals surface area contributed by atoms with Gasteiger partial charge in [0.05, 0.1) is 6.61 Å². The van der Waals surface area contributed by atoms with Crippen LogP contribution in [0.25, 0.3) is 0 Å². The van der Waals surface area contributed by atoms with Gasteiger partial charge in [-0.3, -0.25) is 9.47 Å². The fourth-order valence-electron chi connectivity index (χ4n) is 3.92. The zero-order valence-electron chi connectivity index (χ0n) is 18.8. The third-order valence-electron chi connectivity index (χ3n) is 6.14. The van der Waals surface area contributed by atoms with Crippen LogP contribution in [-0.2, 0) is 12.5 Å². The average molecular weight is 414 g/mol. The molecule has 0 amide bonds. The molecule has 0 atom stereocenters. The van der Waals surface area contributed by atoms with Gasteiger partial charge in [-0.25, -0.2) is 9.97 Å². The Hall–Kier alpha value is -2.22. The van der Waals surface area contributed by atoms with Gasteiger partial charge in [0.1, 0.15) is 18.0 Å². The summed E-state index contributed by atoms with van der Waals surface area (Å²) < 4.78 is 7.49. The first kappa shape index (κ1) is 21.0. The first-order valence-electron chi connectivity index (χ1n) is 11.2. The zero-order chi connectivity index (χ0) is 21.1. The minimum absolute atomic E-state index is 0.0287. The topological polar surface area (TPSA) is 72.2 Å². The summed E-state index contributed by atoms with van der Waals surface area (Å²) >= 11 is 0. The molecule has 1 saturated heterocycles. The van der Waals surface area contributed by atoms with E-state index in [-0.39, 0.29) is 5.41 Å². The number of hydrogen-bond donors (Lipinski definition) is 0. The second-order valence-corrected chi connectivity index (χ2v) is 9.61. The van der Waals surface area contributed by atoms with E-state index in [1.807, 2.05) is 7.05 Å². The predicted octanol–water partition coefficient (Wildman–Crippen LogP) is 2.76. The lowest BCUT2D eigenvalue weighted by molar-refractivity contribution is 0.215. The largest absolute Gasteiger partial charge is 0.464 e. The van der Waals surface area contributed by atoms with Crippen molar-refractivity contribution in [3.05, 3.63) is 23.9 Å². The van der Waals surface area contributed by atoms with Gasteiger partial charge in [-0.2, -0.15) is 0 Å². The van der Waals surface area contributed by atoms with Crippen molar-refractivity contribution in [2.75, 3.05) is 44.2 Å². The third kappa shape index (κ3) is 4.91. The molecule has 2 aromatic heterocycles.